The average Bonchev–Trinajstić information content (AvgIpc) is 2.41. The van der Waals surface area contributed by atoms with Crippen LogP contribution in [0.15, 0.2) is 0 Å². The Morgan fingerprint density at radius 3 is 2.50 bits per heavy atom. The molecule has 1 N–H and O–H groups in total. The Kier molecular flexibility index (Phi) is 3.32. The molecule has 90 valence electrons. The number of hydrogen-bond acceptors (Lipinski definition) is 4. The third-order valence-electron chi connectivity index (χ3n) is 2.78. The maximum Gasteiger partial charge on any atom is 0.312 e. The Morgan fingerprint density at radius 1 is 1.56 bits per heavy atom. The lowest BCUT2D eigenvalue weighted by molar-refractivity contribution is -0.386. The van der Waals surface area contributed by atoms with Gasteiger partial charge in [0.1, 0.15) is 11.4 Å². The van der Waals surface area contributed by atoms with Gasteiger partial charge in [0, 0.05) is 0 Å². The van der Waals surface area contributed by atoms with Crippen LogP contribution in [0.2, 0.25) is 0 Å². The number of nitrogens with zero attached hydrogens (tertiary/aromatic N) is 3. The minimum Gasteiger partial charge on any atom is -0.388 e. The molecular weight excluding hydrogens is 210 g/mol. The van der Waals surface area contributed by atoms with E-state index in [4.69, 9.17) is 0 Å². The quantitative estimate of drug-likeness (QED) is 0.625. The summed E-state index contributed by atoms with van der Waals surface area (Å²) in [6, 6.07) is 0. The Balaban J connectivity index is 3.09. The molecule has 0 radical (unpaired) electrons. The molecule has 0 aromatic carbocycles. The van der Waals surface area contributed by atoms with Gasteiger partial charge in [-0.2, -0.15) is 5.10 Å². The summed E-state index contributed by atoms with van der Waals surface area (Å²) >= 11 is 0. The molecule has 0 amide bonds. The van der Waals surface area contributed by atoms with E-state index in [1.807, 2.05) is 6.92 Å². The van der Waals surface area contributed by atoms with Crippen LogP contribution in [0.5, 0.6) is 0 Å². The van der Waals surface area contributed by atoms with Crippen LogP contribution in [0.3, 0.4) is 0 Å². The molecule has 0 fully saturated rings. The summed E-state index contributed by atoms with van der Waals surface area (Å²) in [6.45, 7) is 7.06. The standard InChI is InChI=1S/C10H17N3O3/c1-5-10(4,14)6-12-8(3)9(13(15)16)7(2)11-12/h14H,5-6H2,1-4H3. The van der Waals surface area contributed by atoms with Crippen molar-refractivity contribution in [3.8, 4) is 0 Å². The molecule has 0 bridgehead atoms. The molecule has 1 aromatic rings. The van der Waals surface area contributed by atoms with Crippen molar-refractivity contribution in [2.24, 2.45) is 0 Å². The fraction of sp³-hybridized carbons (Fsp3) is 0.700. The normalized spacial score (nSPS) is 14.8. The van der Waals surface area contributed by atoms with E-state index in [1.165, 1.54) is 4.68 Å². The van der Waals surface area contributed by atoms with Crippen LogP contribution in [-0.4, -0.2) is 25.4 Å². The van der Waals surface area contributed by atoms with Gasteiger partial charge in [0.25, 0.3) is 0 Å². The number of hydrogen-bond donors (Lipinski definition) is 1. The predicted molar refractivity (Wildman–Crippen MR) is 59.3 cm³/mol. The Bertz CT molecular complexity index is 410. The summed E-state index contributed by atoms with van der Waals surface area (Å²) in [6.07, 6.45) is 0.569. The van der Waals surface area contributed by atoms with Gasteiger partial charge >= 0.3 is 5.69 Å². The fourth-order valence-electron chi connectivity index (χ4n) is 1.54. The van der Waals surface area contributed by atoms with E-state index in [9.17, 15) is 15.2 Å². The minimum atomic E-state index is -0.892. The minimum absolute atomic E-state index is 0.0342. The van der Waals surface area contributed by atoms with Gasteiger partial charge in [0.15, 0.2) is 0 Å². The number of aromatic nitrogens is 2. The molecular formula is C10H17N3O3. The number of rotatable bonds is 4. The van der Waals surface area contributed by atoms with Crippen LogP contribution in [0, 0.1) is 24.0 Å². The monoisotopic (exact) mass is 227 g/mol. The molecule has 1 rings (SSSR count). The predicted octanol–water partition coefficient (Wildman–Crippen LogP) is 1.57. The largest absolute Gasteiger partial charge is 0.388 e. The highest BCUT2D eigenvalue weighted by molar-refractivity contribution is 5.39. The maximum atomic E-state index is 10.8. The first-order valence-corrected chi connectivity index (χ1v) is 5.19. The molecule has 1 atom stereocenters. The lowest BCUT2D eigenvalue weighted by Gasteiger charge is -2.21. The Morgan fingerprint density at radius 2 is 2.12 bits per heavy atom. The number of aliphatic hydroxyl groups is 1. The van der Waals surface area contributed by atoms with Crippen LogP contribution >= 0.6 is 0 Å². The molecule has 0 aliphatic rings. The average molecular weight is 227 g/mol. The van der Waals surface area contributed by atoms with Gasteiger partial charge in [0.05, 0.1) is 17.1 Å². The molecule has 1 heterocycles. The third kappa shape index (κ3) is 2.38. The summed E-state index contributed by atoms with van der Waals surface area (Å²) in [5.74, 6) is 0. The van der Waals surface area contributed by atoms with Gasteiger partial charge in [-0.05, 0) is 27.2 Å². The molecule has 0 aliphatic heterocycles. The van der Waals surface area contributed by atoms with Crippen molar-refractivity contribution in [1.82, 2.24) is 9.78 Å². The SMILES string of the molecule is CCC(C)(O)Cn1nc(C)c([N+](=O)[O-])c1C. The first-order valence-electron chi connectivity index (χ1n) is 5.19. The summed E-state index contributed by atoms with van der Waals surface area (Å²) in [7, 11) is 0. The van der Waals surface area contributed by atoms with Gasteiger partial charge in [-0.3, -0.25) is 14.8 Å². The summed E-state index contributed by atoms with van der Waals surface area (Å²) in [4.78, 5) is 10.3. The topological polar surface area (TPSA) is 81.2 Å². The van der Waals surface area contributed by atoms with Gasteiger partial charge in [-0.25, -0.2) is 0 Å². The van der Waals surface area contributed by atoms with Crippen molar-refractivity contribution >= 4 is 5.69 Å². The number of nitro groups is 1. The van der Waals surface area contributed by atoms with Crippen LogP contribution < -0.4 is 0 Å². The molecule has 0 saturated carbocycles. The van der Waals surface area contributed by atoms with Crippen molar-refractivity contribution in [2.45, 2.75) is 46.3 Å². The molecule has 6 heteroatoms. The number of aryl methyl sites for hydroxylation is 1. The van der Waals surface area contributed by atoms with E-state index in [-0.39, 0.29) is 12.2 Å². The molecule has 0 saturated heterocycles. The van der Waals surface area contributed by atoms with Crippen LogP contribution in [-0.2, 0) is 6.54 Å². The first kappa shape index (κ1) is 12.6. The van der Waals surface area contributed by atoms with Crippen molar-refractivity contribution in [3.05, 3.63) is 21.5 Å². The Hall–Kier alpha value is -1.43. The lowest BCUT2D eigenvalue weighted by Crippen LogP contribution is -2.30. The van der Waals surface area contributed by atoms with Crippen molar-refractivity contribution in [1.29, 1.82) is 0 Å². The van der Waals surface area contributed by atoms with Gasteiger partial charge in [-0.1, -0.05) is 6.92 Å². The molecule has 1 unspecified atom stereocenters. The van der Waals surface area contributed by atoms with Crippen molar-refractivity contribution in [3.63, 3.8) is 0 Å². The first-order chi connectivity index (χ1) is 7.28. The van der Waals surface area contributed by atoms with E-state index in [0.717, 1.165) is 0 Å². The van der Waals surface area contributed by atoms with E-state index in [2.05, 4.69) is 5.10 Å². The smallest absolute Gasteiger partial charge is 0.312 e. The van der Waals surface area contributed by atoms with Crippen LogP contribution in [0.4, 0.5) is 5.69 Å². The maximum absolute atomic E-state index is 10.8. The zero-order valence-corrected chi connectivity index (χ0v) is 10.0. The fourth-order valence-corrected chi connectivity index (χ4v) is 1.54. The second-order valence-electron chi connectivity index (χ2n) is 4.28. The van der Waals surface area contributed by atoms with E-state index >= 15 is 0 Å². The summed E-state index contributed by atoms with van der Waals surface area (Å²) in [5.41, 5.74) is 0.00871. The van der Waals surface area contributed by atoms with Gasteiger partial charge < -0.3 is 5.11 Å². The Labute approximate surface area is 94.0 Å². The second-order valence-corrected chi connectivity index (χ2v) is 4.28. The van der Waals surface area contributed by atoms with E-state index in [0.29, 0.717) is 17.8 Å². The van der Waals surface area contributed by atoms with E-state index < -0.39 is 10.5 Å². The lowest BCUT2D eigenvalue weighted by atomic mass is 10.0. The molecule has 1 aromatic heterocycles. The second kappa shape index (κ2) is 4.21. The van der Waals surface area contributed by atoms with Gasteiger partial charge in [-0.15, -0.1) is 0 Å². The molecule has 6 nitrogen and oxygen atoms in total. The highest BCUT2D eigenvalue weighted by atomic mass is 16.6. The van der Waals surface area contributed by atoms with Crippen LogP contribution in [0.25, 0.3) is 0 Å². The molecule has 0 aliphatic carbocycles. The van der Waals surface area contributed by atoms with Gasteiger partial charge in [0.2, 0.25) is 0 Å². The zero-order valence-electron chi connectivity index (χ0n) is 10.0. The highest BCUT2D eigenvalue weighted by Crippen LogP contribution is 2.23. The molecule has 16 heavy (non-hydrogen) atoms. The van der Waals surface area contributed by atoms with Crippen molar-refractivity contribution < 1.29 is 10.0 Å². The van der Waals surface area contributed by atoms with E-state index in [1.54, 1.807) is 20.8 Å². The summed E-state index contributed by atoms with van der Waals surface area (Å²) < 4.78 is 1.50. The van der Waals surface area contributed by atoms with Crippen molar-refractivity contribution in [2.75, 3.05) is 0 Å². The van der Waals surface area contributed by atoms with Crippen LogP contribution in [0.1, 0.15) is 31.7 Å². The third-order valence-corrected chi connectivity index (χ3v) is 2.78. The molecule has 0 spiro atoms. The highest BCUT2D eigenvalue weighted by Gasteiger charge is 2.26. The summed E-state index contributed by atoms with van der Waals surface area (Å²) in [5, 5.41) is 24.8. The zero-order chi connectivity index (χ0) is 12.5.